The summed E-state index contributed by atoms with van der Waals surface area (Å²) in [6.07, 6.45) is 4.99. The molecule has 0 radical (unpaired) electrons. The maximum atomic E-state index is 13.2. The molecule has 0 atom stereocenters. The molecule has 4 rings (SSSR count). The number of nitrogens with one attached hydrogen (secondary N) is 2. The Morgan fingerprint density at radius 2 is 1.91 bits per heavy atom. The Balaban J connectivity index is 1.25. The average Bonchev–Trinajstić information content (AvgIpc) is 2.88. The summed E-state index contributed by atoms with van der Waals surface area (Å²) in [5.41, 5.74) is 0.767. The van der Waals surface area contributed by atoms with Gasteiger partial charge in [0.2, 0.25) is 5.91 Å². The summed E-state index contributed by atoms with van der Waals surface area (Å²) in [6.45, 7) is 4.87. The molecule has 35 heavy (non-hydrogen) atoms. The van der Waals surface area contributed by atoms with Gasteiger partial charge in [-0.25, -0.2) is 4.79 Å². The summed E-state index contributed by atoms with van der Waals surface area (Å²) < 4.78 is 11.8. The lowest BCUT2D eigenvalue weighted by molar-refractivity contribution is -0.120. The Labute approximate surface area is 211 Å². The fourth-order valence-corrected chi connectivity index (χ4v) is 5.27. The van der Waals surface area contributed by atoms with Crippen LogP contribution in [0.4, 0.5) is 10.5 Å². The smallest absolute Gasteiger partial charge is 0.328 e. The number of nitrogens with zero attached hydrogens (tertiary/aromatic N) is 2. The van der Waals surface area contributed by atoms with E-state index >= 15 is 0 Å². The lowest BCUT2D eigenvalue weighted by Crippen LogP contribution is -2.49. The quantitative estimate of drug-likeness (QED) is 0.526. The van der Waals surface area contributed by atoms with Crippen molar-refractivity contribution in [3.63, 3.8) is 0 Å². The first-order valence-electron chi connectivity index (χ1n) is 12.4. The molecule has 3 fully saturated rings. The Morgan fingerprint density at radius 1 is 1.17 bits per heavy atom. The summed E-state index contributed by atoms with van der Waals surface area (Å²) in [7, 11) is 1.77. The van der Waals surface area contributed by atoms with Crippen LogP contribution in [0.25, 0.3) is 0 Å². The summed E-state index contributed by atoms with van der Waals surface area (Å²) >= 11 is 6.31. The molecule has 3 heterocycles. The molecule has 3 aliphatic heterocycles. The molecule has 192 valence electrons. The van der Waals surface area contributed by atoms with E-state index in [9.17, 15) is 14.4 Å². The van der Waals surface area contributed by atoms with E-state index in [0.29, 0.717) is 48.5 Å². The van der Waals surface area contributed by atoms with Gasteiger partial charge in [-0.2, -0.15) is 0 Å². The van der Waals surface area contributed by atoms with Crippen LogP contribution in [0.5, 0.6) is 0 Å². The molecule has 1 aromatic rings. The zero-order chi connectivity index (χ0) is 24.8. The van der Waals surface area contributed by atoms with Gasteiger partial charge in [0.15, 0.2) is 0 Å². The van der Waals surface area contributed by atoms with Crippen molar-refractivity contribution in [2.75, 3.05) is 57.9 Å². The lowest BCUT2D eigenvalue weighted by atomic mass is 9.92. The van der Waals surface area contributed by atoms with E-state index in [1.54, 1.807) is 25.3 Å². The molecule has 3 saturated heterocycles. The third kappa shape index (κ3) is 6.33. The van der Waals surface area contributed by atoms with Gasteiger partial charge in [-0.1, -0.05) is 11.6 Å². The van der Waals surface area contributed by atoms with Crippen LogP contribution in [0.2, 0.25) is 5.02 Å². The van der Waals surface area contributed by atoms with Crippen LogP contribution in [0.1, 0.15) is 48.9 Å². The number of hydrogen-bond acceptors (Lipinski definition) is 6. The number of amides is 4. The highest BCUT2D eigenvalue weighted by Crippen LogP contribution is 2.30. The van der Waals surface area contributed by atoms with Crippen molar-refractivity contribution in [2.24, 2.45) is 5.92 Å². The summed E-state index contributed by atoms with van der Waals surface area (Å²) in [5, 5.41) is 6.02. The van der Waals surface area contributed by atoms with Crippen LogP contribution in [0.3, 0.4) is 0 Å². The van der Waals surface area contributed by atoms with E-state index in [-0.39, 0.29) is 30.4 Å². The summed E-state index contributed by atoms with van der Waals surface area (Å²) in [6, 6.07) is 4.44. The standard InChI is InChI=1S/C25H35ClN4O5/c1-34-25(8-10-27-11-9-25)17-35-15-7-18-4-12-29(13-5-18)23(32)19-2-3-20(26)21(16-19)30-14-6-22(31)28-24(30)33/h2-3,16,18,27H,4-15,17H2,1H3,(H,28,31,33). The third-order valence-electron chi connectivity index (χ3n) is 7.42. The Bertz CT molecular complexity index is 928. The number of carbonyl (C=O) groups is 3. The minimum absolute atomic E-state index is 0.0703. The number of imide groups is 1. The number of halogens is 1. The first-order chi connectivity index (χ1) is 16.9. The van der Waals surface area contributed by atoms with Gasteiger partial charge >= 0.3 is 6.03 Å². The van der Waals surface area contributed by atoms with Gasteiger partial charge in [-0.05, 0) is 69.3 Å². The molecule has 9 nitrogen and oxygen atoms in total. The second-order valence-corrected chi connectivity index (χ2v) is 10.0. The minimum Gasteiger partial charge on any atom is -0.378 e. The fourth-order valence-electron chi connectivity index (χ4n) is 5.05. The first kappa shape index (κ1) is 25.9. The fraction of sp³-hybridized carbons (Fsp3) is 0.640. The van der Waals surface area contributed by atoms with Crippen LogP contribution in [-0.2, 0) is 14.3 Å². The number of hydrogen-bond donors (Lipinski definition) is 2. The SMILES string of the molecule is COC1(COCCC2CCN(C(=O)c3ccc(Cl)c(N4CCC(=O)NC4=O)c3)CC2)CCNCC1. The van der Waals surface area contributed by atoms with E-state index in [0.717, 1.165) is 45.2 Å². The van der Waals surface area contributed by atoms with Gasteiger partial charge in [-0.3, -0.25) is 19.8 Å². The monoisotopic (exact) mass is 506 g/mol. The normalized spacial score (nSPS) is 21.2. The van der Waals surface area contributed by atoms with E-state index in [4.69, 9.17) is 21.1 Å². The number of benzene rings is 1. The largest absolute Gasteiger partial charge is 0.378 e. The van der Waals surface area contributed by atoms with Crippen LogP contribution in [0, 0.1) is 5.92 Å². The second-order valence-electron chi connectivity index (χ2n) is 9.64. The molecule has 3 aliphatic rings. The summed E-state index contributed by atoms with van der Waals surface area (Å²) in [4.78, 5) is 40.1. The summed E-state index contributed by atoms with van der Waals surface area (Å²) in [5.74, 6) is 0.146. The topological polar surface area (TPSA) is 100 Å². The molecule has 1 aromatic carbocycles. The van der Waals surface area contributed by atoms with E-state index in [1.165, 1.54) is 4.90 Å². The molecule has 0 bridgehead atoms. The number of likely N-dealkylation sites (tertiary alicyclic amines) is 1. The van der Waals surface area contributed by atoms with E-state index in [2.05, 4.69) is 10.6 Å². The van der Waals surface area contributed by atoms with Gasteiger partial charge in [0, 0.05) is 45.3 Å². The molecule has 4 amide bonds. The van der Waals surface area contributed by atoms with Gasteiger partial charge in [0.1, 0.15) is 0 Å². The minimum atomic E-state index is -0.521. The molecule has 0 saturated carbocycles. The predicted octanol–water partition coefficient (Wildman–Crippen LogP) is 2.81. The highest BCUT2D eigenvalue weighted by Gasteiger charge is 2.32. The molecule has 10 heteroatoms. The maximum Gasteiger partial charge on any atom is 0.328 e. The highest BCUT2D eigenvalue weighted by atomic mass is 35.5. The van der Waals surface area contributed by atoms with Crippen molar-refractivity contribution in [3.05, 3.63) is 28.8 Å². The number of methoxy groups -OCH3 is 1. The number of anilines is 1. The van der Waals surface area contributed by atoms with Crippen LogP contribution in [0.15, 0.2) is 18.2 Å². The zero-order valence-electron chi connectivity index (χ0n) is 20.3. The third-order valence-corrected chi connectivity index (χ3v) is 7.74. The molecule has 0 aromatic heterocycles. The Morgan fingerprint density at radius 3 is 2.60 bits per heavy atom. The van der Waals surface area contributed by atoms with E-state index < -0.39 is 6.03 Å². The molecule has 0 spiro atoms. The highest BCUT2D eigenvalue weighted by molar-refractivity contribution is 6.34. The van der Waals surface area contributed by atoms with Crippen molar-refractivity contribution in [2.45, 2.75) is 44.1 Å². The number of urea groups is 1. The van der Waals surface area contributed by atoms with Crippen molar-refractivity contribution in [1.82, 2.24) is 15.5 Å². The number of carbonyl (C=O) groups excluding carboxylic acids is 3. The van der Waals surface area contributed by atoms with Crippen molar-refractivity contribution < 1.29 is 23.9 Å². The van der Waals surface area contributed by atoms with Gasteiger partial charge < -0.3 is 19.7 Å². The lowest BCUT2D eigenvalue weighted by Gasteiger charge is -2.36. The number of piperidine rings is 2. The average molecular weight is 507 g/mol. The molecular formula is C25H35ClN4O5. The van der Waals surface area contributed by atoms with Gasteiger partial charge in [-0.15, -0.1) is 0 Å². The van der Waals surface area contributed by atoms with Crippen LogP contribution in [-0.4, -0.2) is 81.4 Å². The van der Waals surface area contributed by atoms with Gasteiger partial charge in [0.25, 0.3) is 5.91 Å². The zero-order valence-corrected chi connectivity index (χ0v) is 21.1. The predicted molar refractivity (Wildman–Crippen MR) is 133 cm³/mol. The van der Waals surface area contributed by atoms with Crippen LogP contribution >= 0.6 is 11.6 Å². The Kier molecular flexibility index (Phi) is 8.64. The molecule has 2 N–H and O–H groups in total. The molecule has 0 aliphatic carbocycles. The Hall–Kier alpha value is -2.20. The first-order valence-corrected chi connectivity index (χ1v) is 12.8. The maximum absolute atomic E-state index is 13.2. The van der Waals surface area contributed by atoms with Crippen molar-refractivity contribution >= 4 is 35.1 Å². The number of ether oxygens (including phenoxy) is 2. The van der Waals surface area contributed by atoms with Crippen molar-refractivity contribution in [1.29, 1.82) is 0 Å². The van der Waals surface area contributed by atoms with Crippen molar-refractivity contribution in [3.8, 4) is 0 Å². The molecular weight excluding hydrogens is 472 g/mol. The number of rotatable bonds is 8. The van der Waals surface area contributed by atoms with E-state index in [1.807, 2.05) is 4.90 Å². The molecule has 0 unspecified atom stereocenters. The van der Waals surface area contributed by atoms with Gasteiger partial charge in [0.05, 0.1) is 22.9 Å². The van der Waals surface area contributed by atoms with Crippen LogP contribution < -0.4 is 15.5 Å². The second kappa shape index (κ2) is 11.7.